The third kappa shape index (κ3) is 3.03. The molecule has 0 amide bonds. The lowest BCUT2D eigenvalue weighted by molar-refractivity contribution is 0.522. The molecule has 1 saturated heterocycles. The molecule has 1 unspecified atom stereocenters. The number of anilines is 1. The van der Waals surface area contributed by atoms with E-state index in [4.69, 9.17) is 4.98 Å². The van der Waals surface area contributed by atoms with Gasteiger partial charge < -0.3 is 10.2 Å². The van der Waals surface area contributed by atoms with E-state index in [1.165, 1.54) is 29.6 Å². The molecule has 2 heterocycles. The number of aryl methyl sites for hydroxylation is 1. The lowest BCUT2D eigenvalue weighted by Gasteiger charge is -2.28. The van der Waals surface area contributed by atoms with Gasteiger partial charge in [0.25, 0.3) is 0 Å². The average Bonchev–Trinajstić information content (AvgIpc) is 2.92. The first-order valence-corrected chi connectivity index (χ1v) is 8.01. The first-order chi connectivity index (χ1) is 10.1. The monoisotopic (exact) mass is 283 g/mol. The molecule has 1 atom stereocenters. The van der Waals surface area contributed by atoms with Crippen molar-refractivity contribution in [3.8, 4) is 0 Å². The Hall–Kier alpha value is -1.61. The third-order valence-electron chi connectivity index (χ3n) is 4.30. The zero-order chi connectivity index (χ0) is 14.8. The van der Waals surface area contributed by atoms with E-state index in [1.807, 2.05) is 0 Å². The Morgan fingerprint density at radius 2 is 2.14 bits per heavy atom. The maximum Gasteiger partial charge on any atom is 0.132 e. The van der Waals surface area contributed by atoms with E-state index < -0.39 is 0 Å². The van der Waals surface area contributed by atoms with E-state index in [2.05, 4.69) is 61.3 Å². The molecule has 3 nitrogen and oxygen atoms in total. The van der Waals surface area contributed by atoms with E-state index >= 15 is 0 Å². The molecule has 21 heavy (non-hydrogen) atoms. The molecular weight excluding hydrogens is 258 g/mol. The van der Waals surface area contributed by atoms with Crippen molar-refractivity contribution in [3.05, 3.63) is 35.9 Å². The topological polar surface area (TPSA) is 28.2 Å². The summed E-state index contributed by atoms with van der Waals surface area (Å²) >= 11 is 0. The van der Waals surface area contributed by atoms with Gasteiger partial charge in [-0.3, -0.25) is 0 Å². The van der Waals surface area contributed by atoms with Gasteiger partial charge in [-0.15, -0.1) is 0 Å². The number of hydrogen-bond donors (Lipinski definition) is 1. The molecule has 1 aliphatic rings. The van der Waals surface area contributed by atoms with Crippen LogP contribution in [0.5, 0.6) is 0 Å². The summed E-state index contributed by atoms with van der Waals surface area (Å²) in [4.78, 5) is 7.43. The third-order valence-corrected chi connectivity index (χ3v) is 4.30. The molecule has 2 aromatic rings. The Labute approximate surface area is 127 Å². The van der Waals surface area contributed by atoms with Crippen LogP contribution in [0, 0.1) is 6.92 Å². The molecule has 1 aromatic carbocycles. The number of pyridine rings is 1. The molecule has 1 N–H and O–H groups in total. The number of fused-ring (bicyclic) bond motifs is 1. The molecule has 0 saturated carbocycles. The quantitative estimate of drug-likeness (QED) is 0.930. The van der Waals surface area contributed by atoms with Crippen molar-refractivity contribution in [2.24, 2.45) is 0 Å². The summed E-state index contributed by atoms with van der Waals surface area (Å²) in [5.41, 5.74) is 2.38. The maximum absolute atomic E-state index is 4.93. The van der Waals surface area contributed by atoms with Gasteiger partial charge in [-0.25, -0.2) is 4.98 Å². The molecular formula is C18H25N3. The lowest BCUT2D eigenvalue weighted by atomic mass is 10.1. The Balaban J connectivity index is 1.89. The van der Waals surface area contributed by atoms with E-state index in [-0.39, 0.29) is 0 Å². The minimum atomic E-state index is 0.540. The Morgan fingerprint density at radius 1 is 1.33 bits per heavy atom. The highest BCUT2D eigenvalue weighted by molar-refractivity contribution is 5.81. The summed E-state index contributed by atoms with van der Waals surface area (Å²) in [6, 6.07) is 11.8. The number of aromatic nitrogens is 1. The minimum Gasteiger partial charge on any atom is -0.352 e. The van der Waals surface area contributed by atoms with Crippen LogP contribution in [0.25, 0.3) is 10.9 Å². The van der Waals surface area contributed by atoms with Crippen molar-refractivity contribution in [1.29, 1.82) is 0 Å². The van der Waals surface area contributed by atoms with Gasteiger partial charge in [0.15, 0.2) is 0 Å². The van der Waals surface area contributed by atoms with Gasteiger partial charge in [-0.1, -0.05) is 32.0 Å². The fraction of sp³-hybridized carbons (Fsp3) is 0.500. The van der Waals surface area contributed by atoms with Crippen molar-refractivity contribution >= 4 is 16.7 Å². The number of benzene rings is 1. The van der Waals surface area contributed by atoms with Crippen molar-refractivity contribution < 1.29 is 0 Å². The zero-order valence-corrected chi connectivity index (χ0v) is 13.3. The maximum atomic E-state index is 4.93. The van der Waals surface area contributed by atoms with Gasteiger partial charge in [-0.05, 0) is 37.5 Å². The van der Waals surface area contributed by atoms with E-state index in [9.17, 15) is 0 Å². The average molecular weight is 283 g/mol. The lowest BCUT2D eigenvalue weighted by Crippen LogP contribution is -2.40. The van der Waals surface area contributed by atoms with Crippen molar-refractivity contribution in [3.63, 3.8) is 0 Å². The van der Waals surface area contributed by atoms with Crippen molar-refractivity contribution in [2.75, 3.05) is 18.0 Å². The highest BCUT2D eigenvalue weighted by atomic mass is 15.2. The largest absolute Gasteiger partial charge is 0.352 e. The summed E-state index contributed by atoms with van der Waals surface area (Å²) in [6.45, 7) is 8.76. The summed E-state index contributed by atoms with van der Waals surface area (Å²) in [5.74, 6) is 1.17. The second-order valence-electron chi connectivity index (χ2n) is 6.37. The first-order valence-electron chi connectivity index (χ1n) is 8.01. The Morgan fingerprint density at radius 3 is 2.95 bits per heavy atom. The highest BCUT2D eigenvalue weighted by Gasteiger charge is 2.26. The summed E-state index contributed by atoms with van der Waals surface area (Å²) in [5, 5.41) is 4.81. The van der Waals surface area contributed by atoms with Gasteiger partial charge in [0.05, 0.1) is 5.52 Å². The zero-order valence-electron chi connectivity index (χ0n) is 13.3. The van der Waals surface area contributed by atoms with Gasteiger partial charge in [0.1, 0.15) is 5.82 Å². The van der Waals surface area contributed by atoms with E-state index in [1.54, 1.807) is 0 Å². The van der Waals surface area contributed by atoms with Gasteiger partial charge in [0.2, 0.25) is 0 Å². The van der Waals surface area contributed by atoms with Crippen LogP contribution in [-0.4, -0.2) is 30.2 Å². The predicted molar refractivity (Wildman–Crippen MR) is 90.0 cm³/mol. The number of hydrogen-bond acceptors (Lipinski definition) is 3. The molecule has 0 spiro atoms. The summed E-state index contributed by atoms with van der Waals surface area (Å²) in [6.07, 6.45) is 2.52. The number of nitrogens with one attached hydrogen (secondary N) is 1. The molecule has 3 heteroatoms. The van der Waals surface area contributed by atoms with E-state index in [0.717, 1.165) is 18.6 Å². The van der Waals surface area contributed by atoms with E-state index in [0.29, 0.717) is 12.1 Å². The fourth-order valence-corrected chi connectivity index (χ4v) is 3.20. The summed E-state index contributed by atoms with van der Waals surface area (Å²) < 4.78 is 0. The molecule has 0 aliphatic carbocycles. The smallest absolute Gasteiger partial charge is 0.132 e. The van der Waals surface area contributed by atoms with Crippen LogP contribution >= 0.6 is 0 Å². The number of rotatable bonds is 4. The summed E-state index contributed by atoms with van der Waals surface area (Å²) in [7, 11) is 0. The standard InChI is InChI=1S/C18H25N3/c1-13(2)19-12-16-8-6-10-21(16)18-14(3)11-15-7-4-5-9-17(15)20-18/h4-5,7,9,11,13,16,19H,6,8,10,12H2,1-3H3. The Bertz CT molecular complexity index is 621. The molecule has 112 valence electrons. The molecule has 1 aliphatic heterocycles. The van der Waals surface area contributed by atoms with Crippen molar-refractivity contribution in [2.45, 2.75) is 45.7 Å². The molecule has 0 bridgehead atoms. The number of nitrogens with zero attached hydrogens (tertiary/aromatic N) is 2. The number of para-hydroxylation sites is 1. The van der Waals surface area contributed by atoms with Crippen LogP contribution < -0.4 is 10.2 Å². The van der Waals surface area contributed by atoms with Crippen LogP contribution in [0.3, 0.4) is 0 Å². The normalized spacial score (nSPS) is 18.9. The molecule has 1 fully saturated rings. The Kier molecular flexibility index (Phi) is 4.11. The fourth-order valence-electron chi connectivity index (χ4n) is 3.20. The van der Waals surface area contributed by atoms with Crippen molar-refractivity contribution in [1.82, 2.24) is 10.3 Å². The van der Waals surface area contributed by atoms with Gasteiger partial charge in [-0.2, -0.15) is 0 Å². The first kappa shape index (κ1) is 14.3. The van der Waals surface area contributed by atoms with Crippen LogP contribution in [0.2, 0.25) is 0 Å². The van der Waals surface area contributed by atoms with Crippen LogP contribution in [0.4, 0.5) is 5.82 Å². The van der Waals surface area contributed by atoms with Crippen LogP contribution in [0.1, 0.15) is 32.3 Å². The molecule has 1 aromatic heterocycles. The minimum absolute atomic E-state index is 0.540. The molecule has 0 radical (unpaired) electrons. The van der Waals surface area contributed by atoms with Crippen LogP contribution in [0.15, 0.2) is 30.3 Å². The SMILES string of the molecule is Cc1cc2ccccc2nc1N1CCCC1CNC(C)C. The highest BCUT2D eigenvalue weighted by Crippen LogP contribution is 2.29. The van der Waals surface area contributed by atoms with Crippen LogP contribution in [-0.2, 0) is 0 Å². The predicted octanol–water partition coefficient (Wildman–Crippen LogP) is 3.51. The second kappa shape index (κ2) is 6.02. The second-order valence-corrected chi connectivity index (χ2v) is 6.37. The molecule has 3 rings (SSSR count). The van der Waals surface area contributed by atoms with Gasteiger partial charge >= 0.3 is 0 Å². The van der Waals surface area contributed by atoms with Gasteiger partial charge in [0, 0.05) is 30.6 Å².